The van der Waals surface area contributed by atoms with Crippen LogP contribution >= 0.6 is 12.6 Å². The maximum atomic E-state index is 4.34. The Bertz CT molecular complexity index is 305. The summed E-state index contributed by atoms with van der Waals surface area (Å²) in [5.41, 5.74) is 2.65. The van der Waals surface area contributed by atoms with E-state index in [0.29, 0.717) is 0 Å². The molecule has 4 heteroatoms. The number of aromatic nitrogens is 2. The van der Waals surface area contributed by atoms with E-state index in [1.807, 2.05) is 11.7 Å². The predicted molar refractivity (Wildman–Crippen MR) is 50.5 cm³/mol. The summed E-state index contributed by atoms with van der Waals surface area (Å²) < 4.78 is 1.94. The Morgan fingerprint density at radius 2 is 2.17 bits per heavy atom. The standard InChI is InChI=1S/C8H13N3S/c1-10-4-3-6-7(5-10)11(2)9-8(6)12/h3-5H2,1-2H3,(H,9,12). The van der Waals surface area contributed by atoms with E-state index in [0.717, 1.165) is 24.5 Å². The number of hydrogen-bond donors (Lipinski definition) is 1. The Labute approximate surface area is 77.8 Å². The van der Waals surface area contributed by atoms with Gasteiger partial charge in [-0.1, -0.05) is 0 Å². The van der Waals surface area contributed by atoms with E-state index in [2.05, 4.69) is 29.7 Å². The Morgan fingerprint density at radius 3 is 2.92 bits per heavy atom. The van der Waals surface area contributed by atoms with Gasteiger partial charge in [0.2, 0.25) is 0 Å². The van der Waals surface area contributed by atoms with Gasteiger partial charge < -0.3 is 4.90 Å². The molecule has 12 heavy (non-hydrogen) atoms. The largest absolute Gasteiger partial charge is 0.300 e. The van der Waals surface area contributed by atoms with Crippen LogP contribution in [0, 0.1) is 0 Å². The SMILES string of the molecule is CN1CCc2c(S)nn(C)c2C1. The van der Waals surface area contributed by atoms with Crippen molar-refractivity contribution in [3.63, 3.8) is 0 Å². The molecule has 2 heterocycles. The molecule has 0 saturated heterocycles. The van der Waals surface area contributed by atoms with Crippen molar-refractivity contribution in [3.8, 4) is 0 Å². The van der Waals surface area contributed by atoms with Crippen LogP contribution in [-0.2, 0) is 20.0 Å². The first-order valence-electron chi connectivity index (χ1n) is 4.10. The molecule has 1 aromatic rings. The number of hydrogen-bond acceptors (Lipinski definition) is 3. The molecule has 0 amide bonds. The monoisotopic (exact) mass is 183 g/mol. The average Bonchev–Trinajstić information content (AvgIpc) is 2.28. The summed E-state index contributed by atoms with van der Waals surface area (Å²) in [7, 11) is 4.12. The Morgan fingerprint density at radius 1 is 1.42 bits per heavy atom. The van der Waals surface area contributed by atoms with Gasteiger partial charge in [0.15, 0.2) is 0 Å². The molecular formula is C8H13N3S. The molecule has 66 valence electrons. The number of rotatable bonds is 0. The van der Waals surface area contributed by atoms with Gasteiger partial charge in [-0.05, 0) is 13.5 Å². The summed E-state index contributed by atoms with van der Waals surface area (Å²) >= 11 is 4.34. The highest BCUT2D eigenvalue weighted by Gasteiger charge is 2.19. The van der Waals surface area contributed by atoms with Gasteiger partial charge in [-0.2, -0.15) is 5.10 Å². The maximum Gasteiger partial charge on any atom is 0.119 e. The smallest absolute Gasteiger partial charge is 0.119 e. The van der Waals surface area contributed by atoms with E-state index in [-0.39, 0.29) is 0 Å². The van der Waals surface area contributed by atoms with Gasteiger partial charge in [-0.3, -0.25) is 4.68 Å². The lowest BCUT2D eigenvalue weighted by Crippen LogP contribution is -2.27. The fourth-order valence-electron chi connectivity index (χ4n) is 1.68. The van der Waals surface area contributed by atoms with E-state index in [1.54, 1.807) is 0 Å². The number of nitrogens with zero attached hydrogens (tertiary/aromatic N) is 3. The minimum Gasteiger partial charge on any atom is -0.300 e. The van der Waals surface area contributed by atoms with Crippen LogP contribution in [0.25, 0.3) is 0 Å². The second-order valence-electron chi connectivity index (χ2n) is 3.36. The summed E-state index contributed by atoms with van der Waals surface area (Å²) in [5, 5.41) is 5.18. The van der Waals surface area contributed by atoms with Gasteiger partial charge in [0, 0.05) is 25.7 Å². The van der Waals surface area contributed by atoms with Gasteiger partial charge in [-0.15, -0.1) is 12.6 Å². The van der Waals surface area contributed by atoms with Gasteiger partial charge in [0.1, 0.15) is 5.03 Å². The van der Waals surface area contributed by atoms with Crippen molar-refractivity contribution in [2.45, 2.75) is 18.0 Å². The lowest BCUT2D eigenvalue weighted by Gasteiger charge is -2.22. The Balaban J connectivity index is 2.45. The minimum absolute atomic E-state index is 0.903. The summed E-state index contributed by atoms with van der Waals surface area (Å²) in [6.07, 6.45) is 1.08. The lowest BCUT2D eigenvalue weighted by molar-refractivity contribution is 0.302. The quantitative estimate of drug-likeness (QED) is 0.598. The van der Waals surface area contributed by atoms with Gasteiger partial charge in [0.25, 0.3) is 0 Å². The average molecular weight is 183 g/mol. The lowest BCUT2D eigenvalue weighted by atomic mass is 10.1. The van der Waals surface area contributed by atoms with Crippen molar-refractivity contribution in [1.82, 2.24) is 14.7 Å². The number of likely N-dealkylation sites (N-methyl/N-ethyl adjacent to an activating group) is 1. The molecule has 0 saturated carbocycles. The van der Waals surface area contributed by atoms with Crippen LogP contribution in [-0.4, -0.2) is 28.3 Å². The van der Waals surface area contributed by atoms with Crippen molar-refractivity contribution < 1.29 is 0 Å². The molecule has 1 aliphatic heterocycles. The third-order valence-corrected chi connectivity index (χ3v) is 2.78. The van der Waals surface area contributed by atoms with Crippen LogP contribution in [0.15, 0.2) is 5.03 Å². The first-order chi connectivity index (χ1) is 5.68. The van der Waals surface area contributed by atoms with Crippen molar-refractivity contribution in [2.24, 2.45) is 7.05 Å². The van der Waals surface area contributed by atoms with E-state index in [4.69, 9.17) is 0 Å². The summed E-state index contributed by atoms with van der Waals surface area (Å²) in [5.74, 6) is 0. The summed E-state index contributed by atoms with van der Waals surface area (Å²) in [6, 6.07) is 0. The van der Waals surface area contributed by atoms with Crippen molar-refractivity contribution in [3.05, 3.63) is 11.3 Å². The third-order valence-electron chi connectivity index (χ3n) is 2.42. The van der Waals surface area contributed by atoms with Crippen LogP contribution in [0.3, 0.4) is 0 Å². The van der Waals surface area contributed by atoms with Crippen LogP contribution in [0.5, 0.6) is 0 Å². The summed E-state index contributed by atoms with van der Waals surface area (Å²) in [4.78, 5) is 2.30. The summed E-state index contributed by atoms with van der Waals surface area (Å²) in [6.45, 7) is 2.12. The van der Waals surface area contributed by atoms with Crippen LogP contribution in [0.2, 0.25) is 0 Å². The third kappa shape index (κ3) is 1.15. The van der Waals surface area contributed by atoms with Crippen molar-refractivity contribution in [1.29, 1.82) is 0 Å². The zero-order valence-electron chi connectivity index (χ0n) is 7.41. The topological polar surface area (TPSA) is 21.1 Å². The molecule has 3 nitrogen and oxygen atoms in total. The zero-order chi connectivity index (χ0) is 8.72. The minimum atomic E-state index is 0.903. The number of fused-ring (bicyclic) bond motifs is 1. The molecule has 1 aliphatic rings. The molecule has 0 spiro atoms. The second-order valence-corrected chi connectivity index (χ2v) is 3.78. The normalized spacial score (nSPS) is 17.9. The molecule has 0 atom stereocenters. The highest BCUT2D eigenvalue weighted by molar-refractivity contribution is 7.80. The van der Waals surface area contributed by atoms with Gasteiger partial charge in [-0.25, -0.2) is 0 Å². The van der Waals surface area contributed by atoms with Crippen LogP contribution in [0.4, 0.5) is 0 Å². The molecule has 0 unspecified atom stereocenters. The molecule has 0 bridgehead atoms. The van der Waals surface area contributed by atoms with Crippen LogP contribution < -0.4 is 0 Å². The maximum absolute atomic E-state index is 4.34. The van der Waals surface area contributed by atoms with Gasteiger partial charge in [0.05, 0.1) is 5.69 Å². The first kappa shape index (κ1) is 8.13. The highest BCUT2D eigenvalue weighted by atomic mass is 32.1. The van der Waals surface area contributed by atoms with E-state index >= 15 is 0 Å². The fraction of sp³-hybridized carbons (Fsp3) is 0.625. The van der Waals surface area contributed by atoms with Crippen molar-refractivity contribution >= 4 is 12.6 Å². The van der Waals surface area contributed by atoms with Crippen molar-refractivity contribution in [2.75, 3.05) is 13.6 Å². The highest BCUT2D eigenvalue weighted by Crippen LogP contribution is 2.22. The van der Waals surface area contributed by atoms with E-state index < -0.39 is 0 Å². The van der Waals surface area contributed by atoms with E-state index in [9.17, 15) is 0 Å². The second kappa shape index (κ2) is 2.78. The Hall–Kier alpha value is -0.480. The molecule has 0 fully saturated rings. The van der Waals surface area contributed by atoms with Crippen LogP contribution in [0.1, 0.15) is 11.3 Å². The number of aryl methyl sites for hydroxylation is 1. The zero-order valence-corrected chi connectivity index (χ0v) is 8.30. The fourth-order valence-corrected chi connectivity index (χ4v) is 2.05. The first-order valence-corrected chi connectivity index (χ1v) is 4.55. The Kier molecular flexibility index (Phi) is 1.88. The van der Waals surface area contributed by atoms with E-state index in [1.165, 1.54) is 11.3 Å². The number of thiol groups is 1. The van der Waals surface area contributed by atoms with Gasteiger partial charge >= 0.3 is 0 Å². The molecule has 1 aromatic heterocycles. The molecule has 0 N–H and O–H groups in total. The molecular weight excluding hydrogens is 170 g/mol. The predicted octanol–water partition coefficient (Wildman–Crippen LogP) is 0.697. The molecule has 2 rings (SSSR count). The molecule has 0 aromatic carbocycles. The molecule has 0 radical (unpaired) electrons. The molecule has 0 aliphatic carbocycles.